The number of carbonyl (C=O) groups excluding carboxylic acids is 1. The van der Waals surface area contributed by atoms with Crippen LogP contribution in [0, 0.1) is 0 Å². The van der Waals surface area contributed by atoms with Crippen molar-refractivity contribution in [3.63, 3.8) is 0 Å². The highest BCUT2D eigenvalue weighted by Crippen LogP contribution is 1.95. The van der Waals surface area contributed by atoms with Crippen molar-refractivity contribution < 1.29 is 9.90 Å². The first-order chi connectivity index (χ1) is 3.42. The summed E-state index contributed by atoms with van der Waals surface area (Å²) < 4.78 is 0. The summed E-state index contributed by atoms with van der Waals surface area (Å²) >= 11 is 0. The Morgan fingerprint density at radius 2 is 1.78 bits per heavy atom. The first-order valence-corrected chi connectivity index (χ1v) is 2.41. The first-order valence-electron chi connectivity index (χ1n) is 2.41. The molecular formula is C5H11ClNO2-. The fourth-order valence-corrected chi connectivity index (χ4v) is 0.306. The molecule has 56 valence electrons. The molecule has 0 aromatic carbocycles. The molecule has 0 saturated heterocycles. The van der Waals surface area contributed by atoms with Crippen LogP contribution in [0.3, 0.4) is 0 Å². The second kappa shape index (κ2) is 3.56. The van der Waals surface area contributed by atoms with E-state index >= 15 is 0 Å². The van der Waals surface area contributed by atoms with Crippen molar-refractivity contribution in [2.75, 3.05) is 0 Å². The summed E-state index contributed by atoms with van der Waals surface area (Å²) in [4.78, 5) is 9.79. The molecule has 1 N–H and O–H groups in total. The third kappa shape index (κ3) is 11.2. The van der Waals surface area contributed by atoms with Gasteiger partial charge in [0.25, 0.3) is 0 Å². The third-order valence-corrected chi connectivity index (χ3v) is 0.477. The fraction of sp³-hybridized carbons (Fsp3) is 0.800. The number of halogens is 1. The van der Waals surface area contributed by atoms with E-state index in [0.717, 1.165) is 0 Å². The molecule has 0 rings (SSSR count). The summed E-state index contributed by atoms with van der Waals surface area (Å²) in [7, 11) is 0. The highest BCUT2D eigenvalue weighted by molar-refractivity contribution is 5.85. The minimum atomic E-state index is -1.22. The maximum atomic E-state index is 9.79. The lowest BCUT2D eigenvalue weighted by atomic mass is 10.1. The van der Waals surface area contributed by atoms with Crippen LogP contribution in [0.2, 0.25) is 0 Å². The molecule has 0 heterocycles. The van der Waals surface area contributed by atoms with E-state index in [2.05, 4.69) is 5.32 Å². The maximum absolute atomic E-state index is 9.79. The van der Waals surface area contributed by atoms with Gasteiger partial charge in [-0.2, -0.15) is 0 Å². The van der Waals surface area contributed by atoms with Gasteiger partial charge in [-0.3, -0.25) is 0 Å². The Morgan fingerprint density at radius 3 is 1.78 bits per heavy atom. The van der Waals surface area contributed by atoms with Crippen molar-refractivity contribution in [2.24, 2.45) is 0 Å². The molecule has 3 nitrogen and oxygen atoms in total. The summed E-state index contributed by atoms with van der Waals surface area (Å²) in [6.45, 7) is 5.26. The van der Waals surface area contributed by atoms with Crippen LogP contribution in [0.15, 0.2) is 0 Å². The van der Waals surface area contributed by atoms with E-state index in [4.69, 9.17) is 0 Å². The van der Waals surface area contributed by atoms with Crippen molar-refractivity contribution in [3.05, 3.63) is 0 Å². The SMILES string of the molecule is CC(C)(C)NC(=O)[O-].Cl. The number of hydrogen-bond donors (Lipinski definition) is 1. The van der Waals surface area contributed by atoms with Crippen LogP contribution in [0.1, 0.15) is 20.8 Å². The van der Waals surface area contributed by atoms with Crippen LogP contribution in [-0.4, -0.2) is 11.6 Å². The second-order valence-electron chi connectivity index (χ2n) is 2.66. The van der Waals surface area contributed by atoms with E-state index in [1.807, 2.05) is 0 Å². The minimum absolute atomic E-state index is 0. The number of rotatable bonds is 0. The van der Waals surface area contributed by atoms with E-state index < -0.39 is 11.6 Å². The molecule has 0 unspecified atom stereocenters. The Hall–Kier alpha value is -0.440. The summed E-state index contributed by atoms with van der Waals surface area (Å²) in [6.07, 6.45) is -1.22. The van der Waals surface area contributed by atoms with E-state index in [1.54, 1.807) is 20.8 Å². The normalized spacial score (nSPS) is 9.67. The predicted octanol–water partition coefficient (Wildman–Crippen LogP) is 0.140. The lowest BCUT2D eigenvalue weighted by Gasteiger charge is -2.21. The zero-order valence-electron chi connectivity index (χ0n) is 5.72. The van der Waals surface area contributed by atoms with Crippen molar-refractivity contribution >= 4 is 18.5 Å². The van der Waals surface area contributed by atoms with Gasteiger partial charge in [-0.25, -0.2) is 0 Å². The fourth-order valence-electron chi connectivity index (χ4n) is 0.306. The highest BCUT2D eigenvalue weighted by atomic mass is 35.5. The number of carbonyl (C=O) groups is 1. The molecule has 0 bridgehead atoms. The molecule has 1 amide bonds. The van der Waals surface area contributed by atoms with E-state index in [9.17, 15) is 9.90 Å². The van der Waals surface area contributed by atoms with E-state index in [1.165, 1.54) is 0 Å². The molecular weight excluding hydrogens is 142 g/mol. The third-order valence-electron chi connectivity index (χ3n) is 0.477. The molecule has 0 aliphatic heterocycles. The van der Waals surface area contributed by atoms with Gasteiger partial charge in [0.1, 0.15) is 6.09 Å². The summed E-state index contributed by atoms with van der Waals surface area (Å²) in [5.74, 6) is 0. The van der Waals surface area contributed by atoms with Gasteiger partial charge in [-0.1, -0.05) is 0 Å². The summed E-state index contributed by atoms with van der Waals surface area (Å²) in [5, 5.41) is 12.0. The summed E-state index contributed by atoms with van der Waals surface area (Å²) in [5.41, 5.74) is -0.390. The Labute approximate surface area is 60.9 Å². The molecule has 0 fully saturated rings. The quantitative estimate of drug-likeness (QED) is 0.537. The Bertz CT molecular complexity index is 97.6. The Kier molecular flexibility index (Phi) is 4.50. The lowest BCUT2D eigenvalue weighted by Crippen LogP contribution is -2.47. The van der Waals surface area contributed by atoms with Crippen LogP contribution in [0.25, 0.3) is 0 Å². The van der Waals surface area contributed by atoms with Crippen molar-refractivity contribution in [3.8, 4) is 0 Å². The van der Waals surface area contributed by atoms with Gasteiger partial charge in [0, 0.05) is 5.54 Å². The topological polar surface area (TPSA) is 52.2 Å². The van der Waals surface area contributed by atoms with Gasteiger partial charge in [0.05, 0.1) is 0 Å². The van der Waals surface area contributed by atoms with Gasteiger partial charge in [0.15, 0.2) is 0 Å². The smallest absolute Gasteiger partial charge is 0.134 e. The lowest BCUT2D eigenvalue weighted by molar-refractivity contribution is -0.252. The van der Waals surface area contributed by atoms with Gasteiger partial charge in [-0.15, -0.1) is 12.4 Å². The first kappa shape index (κ1) is 11.4. The number of amides is 1. The summed E-state index contributed by atoms with van der Waals surface area (Å²) in [6, 6.07) is 0. The number of carboxylic acid groups (broad SMARTS) is 1. The number of nitrogens with one attached hydrogen (secondary N) is 1. The van der Waals surface area contributed by atoms with Crippen LogP contribution < -0.4 is 10.4 Å². The highest BCUT2D eigenvalue weighted by Gasteiger charge is 2.06. The molecule has 4 heteroatoms. The molecule has 0 radical (unpaired) electrons. The molecule has 0 spiro atoms. The Morgan fingerprint density at radius 1 is 1.44 bits per heavy atom. The van der Waals surface area contributed by atoms with Gasteiger partial charge < -0.3 is 15.2 Å². The van der Waals surface area contributed by atoms with Crippen LogP contribution in [0.4, 0.5) is 4.79 Å². The molecule has 9 heavy (non-hydrogen) atoms. The predicted molar refractivity (Wildman–Crippen MR) is 35.5 cm³/mol. The minimum Gasteiger partial charge on any atom is -0.530 e. The maximum Gasteiger partial charge on any atom is 0.134 e. The largest absolute Gasteiger partial charge is 0.530 e. The zero-order valence-corrected chi connectivity index (χ0v) is 6.54. The van der Waals surface area contributed by atoms with Crippen molar-refractivity contribution in [2.45, 2.75) is 26.3 Å². The monoisotopic (exact) mass is 152 g/mol. The standard InChI is InChI=1S/C5H11NO2.ClH/c1-5(2,3)6-4(7)8;/h6H,1-3H3,(H,7,8);1H/p-1. The van der Waals surface area contributed by atoms with Crippen molar-refractivity contribution in [1.82, 2.24) is 5.32 Å². The van der Waals surface area contributed by atoms with Gasteiger partial charge >= 0.3 is 0 Å². The molecule has 0 aliphatic rings. The van der Waals surface area contributed by atoms with E-state index in [-0.39, 0.29) is 12.4 Å². The number of hydrogen-bond acceptors (Lipinski definition) is 2. The van der Waals surface area contributed by atoms with Gasteiger partial charge in [0.2, 0.25) is 0 Å². The van der Waals surface area contributed by atoms with Crippen LogP contribution in [-0.2, 0) is 0 Å². The molecule has 0 aromatic rings. The molecule has 0 aromatic heterocycles. The molecule has 0 aliphatic carbocycles. The van der Waals surface area contributed by atoms with Crippen LogP contribution in [0.5, 0.6) is 0 Å². The molecule has 0 atom stereocenters. The van der Waals surface area contributed by atoms with Gasteiger partial charge in [-0.05, 0) is 20.8 Å². The average molecular weight is 153 g/mol. The average Bonchev–Trinajstić information content (AvgIpc) is 1.21. The Balaban J connectivity index is 0. The van der Waals surface area contributed by atoms with E-state index in [0.29, 0.717) is 0 Å². The molecule has 0 saturated carbocycles. The zero-order chi connectivity index (χ0) is 6.78. The van der Waals surface area contributed by atoms with Crippen molar-refractivity contribution in [1.29, 1.82) is 0 Å². The second-order valence-corrected chi connectivity index (χ2v) is 2.66. The van der Waals surface area contributed by atoms with Crippen LogP contribution >= 0.6 is 12.4 Å².